The Morgan fingerprint density at radius 3 is 2.36 bits per heavy atom. The van der Waals surface area contributed by atoms with E-state index in [2.05, 4.69) is 0 Å². The van der Waals surface area contributed by atoms with Crippen molar-refractivity contribution in [2.45, 2.75) is 40.2 Å². The van der Waals surface area contributed by atoms with Crippen LogP contribution in [0.5, 0.6) is 0 Å². The standard InChI is InChI=1S/C31H29F3NO/c1-19-15-20(2)25(26-14-13-21(18-35(26)5)17-30(3,4)31(32,33)34)16-24(19)22-10-8-12-28-29(22)23-9-6-7-11-27(23)36-28/h6-16,18H,17H2,1-5H3/q+1/i1D3,17D2. The molecule has 0 fully saturated rings. The van der Waals surface area contributed by atoms with Gasteiger partial charge >= 0.3 is 6.18 Å². The Morgan fingerprint density at radius 2 is 1.64 bits per heavy atom. The molecule has 184 valence electrons. The molecular formula is C31H29F3NO+. The molecule has 0 bridgehead atoms. The van der Waals surface area contributed by atoms with Crippen molar-refractivity contribution in [3.05, 3.63) is 89.6 Å². The highest BCUT2D eigenvalue weighted by Gasteiger charge is 2.47. The Kier molecular flexibility index (Phi) is 4.41. The summed E-state index contributed by atoms with van der Waals surface area (Å²) in [4.78, 5) is 0. The molecule has 0 aliphatic rings. The maximum atomic E-state index is 13.7. The van der Waals surface area contributed by atoms with Crippen LogP contribution < -0.4 is 4.57 Å². The van der Waals surface area contributed by atoms with Crippen LogP contribution >= 0.6 is 0 Å². The van der Waals surface area contributed by atoms with Crippen molar-refractivity contribution < 1.29 is 29.0 Å². The summed E-state index contributed by atoms with van der Waals surface area (Å²) in [5.41, 5.74) is 1.80. The Hall–Kier alpha value is -3.60. The molecule has 5 aromatic rings. The van der Waals surface area contributed by atoms with Crippen LogP contribution in [-0.4, -0.2) is 6.18 Å². The maximum absolute atomic E-state index is 13.7. The molecule has 0 aliphatic heterocycles. The van der Waals surface area contributed by atoms with E-state index in [4.69, 9.17) is 11.3 Å². The number of alkyl halides is 3. The minimum atomic E-state index is -4.76. The lowest BCUT2D eigenvalue weighted by atomic mass is 9.85. The maximum Gasteiger partial charge on any atom is 0.394 e. The molecular weight excluding hydrogens is 459 g/mol. The van der Waals surface area contributed by atoms with Gasteiger partial charge in [-0.25, -0.2) is 4.57 Å². The van der Waals surface area contributed by atoms with Gasteiger partial charge in [0.2, 0.25) is 5.69 Å². The highest BCUT2D eigenvalue weighted by Crippen LogP contribution is 2.41. The lowest BCUT2D eigenvalue weighted by molar-refractivity contribution is -0.660. The Bertz CT molecular complexity index is 1800. The van der Waals surface area contributed by atoms with Gasteiger partial charge in [0.05, 0.1) is 5.41 Å². The summed E-state index contributed by atoms with van der Waals surface area (Å²) in [5.74, 6) is 0. The predicted molar refractivity (Wildman–Crippen MR) is 139 cm³/mol. The number of aryl methyl sites for hydroxylation is 3. The zero-order valence-corrected chi connectivity index (χ0v) is 20.4. The van der Waals surface area contributed by atoms with Gasteiger partial charge in [-0.3, -0.25) is 0 Å². The van der Waals surface area contributed by atoms with Crippen molar-refractivity contribution in [2.75, 3.05) is 0 Å². The van der Waals surface area contributed by atoms with Crippen LogP contribution in [0.15, 0.2) is 77.3 Å². The lowest BCUT2D eigenvalue weighted by Crippen LogP contribution is -2.36. The second-order valence-corrected chi connectivity index (χ2v) is 9.65. The average Bonchev–Trinajstić information content (AvgIpc) is 3.26. The smallest absolute Gasteiger partial charge is 0.394 e. The van der Waals surface area contributed by atoms with Crippen molar-refractivity contribution >= 4 is 21.9 Å². The molecule has 0 saturated heterocycles. The van der Waals surface area contributed by atoms with Gasteiger partial charge in [-0.15, -0.1) is 0 Å². The molecule has 3 aromatic carbocycles. The van der Waals surface area contributed by atoms with Crippen molar-refractivity contribution in [3.8, 4) is 22.4 Å². The minimum Gasteiger partial charge on any atom is -0.456 e. The van der Waals surface area contributed by atoms with Gasteiger partial charge in [-0.1, -0.05) is 50.2 Å². The number of nitrogens with zero attached hydrogens (tertiary/aromatic N) is 1. The van der Waals surface area contributed by atoms with E-state index < -0.39 is 24.8 Å². The van der Waals surface area contributed by atoms with Crippen molar-refractivity contribution in [3.63, 3.8) is 0 Å². The van der Waals surface area contributed by atoms with Crippen LogP contribution in [0.2, 0.25) is 0 Å². The lowest BCUT2D eigenvalue weighted by Gasteiger charge is -2.27. The summed E-state index contributed by atoms with van der Waals surface area (Å²) >= 11 is 0. The highest BCUT2D eigenvalue weighted by atomic mass is 19.4. The SMILES string of the molecule is [2H]C([2H])([2H])c1cc(C)c(-c2ccc(C([2H])([2H])C(C)(C)C(F)(F)F)c[n+]2C)cc1-c1cccc2oc3ccccc3c12. The number of rotatable bonds is 4. The molecule has 36 heavy (non-hydrogen) atoms. The van der Waals surface area contributed by atoms with Gasteiger partial charge in [-0.2, -0.15) is 13.2 Å². The summed E-state index contributed by atoms with van der Waals surface area (Å²) in [5, 5.41) is 1.63. The van der Waals surface area contributed by atoms with E-state index in [1.54, 1.807) is 36.7 Å². The first-order chi connectivity index (χ1) is 18.9. The quantitative estimate of drug-likeness (QED) is 0.229. The van der Waals surface area contributed by atoms with Crippen LogP contribution in [-0.2, 0) is 13.4 Å². The first-order valence-electron chi connectivity index (χ1n) is 14.1. The number of aromatic nitrogens is 1. The zero-order valence-electron chi connectivity index (χ0n) is 25.4. The molecule has 0 saturated carbocycles. The summed E-state index contributed by atoms with van der Waals surface area (Å²) in [7, 11) is 1.64. The summed E-state index contributed by atoms with van der Waals surface area (Å²) in [6, 6.07) is 19.4. The van der Waals surface area contributed by atoms with Crippen LogP contribution in [0.3, 0.4) is 0 Å². The number of fused-ring (bicyclic) bond motifs is 3. The molecule has 5 rings (SSSR count). The largest absolute Gasteiger partial charge is 0.456 e. The van der Waals surface area contributed by atoms with Crippen LogP contribution in [0, 0.1) is 19.2 Å². The number of furan rings is 1. The number of halogens is 3. The number of hydrogen-bond acceptors (Lipinski definition) is 1. The fraction of sp³-hybridized carbons (Fsp3) is 0.258. The molecule has 2 nitrogen and oxygen atoms in total. The molecule has 0 aliphatic carbocycles. The van der Waals surface area contributed by atoms with Crippen molar-refractivity contribution in [1.29, 1.82) is 0 Å². The Morgan fingerprint density at radius 1 is 0.889 bits per heavy atom. The molecule has 5 heteroatoms. The fourth-order valence-corrected chi connectivity index (χ4v) is 4.60. The van der Waals surface area contributed by atoms with Gasteiger partial charge in [-0.05, 0) is 66.7 Å². The van der Waals surface area contributed by atoms with Gasteiger partial charge in [0, 0.05) is 34.8 Å². The van der Waals surface area contributed by atoms with Crippen molar-refractivity contribution in [1.82, 2.24) is 0 Å². The van der Waals surface area contributed by atoms with Gasteiger partial charge in [0.15, 0.2) is 6.20 Å². The third-order valence-corrected chi connectivity index (χ3v) is 6.63. The summed E-state index contributed by atoms with van der Waals surface area (Å²) in [6.45, 7) is 1.06. The molecule has 0 atom stereocenters. The number of para-hydroxylation sites is 1. The van der Waals surface area contributed by atoms with Crippen LogP contribution in [0.4, 0.5) is 13.2 Å². The molecule has 0 radical (unpaired) electrons. The van der Waals surface area contributed by atoms with E-state index in [9.17, 15) is 13.2 Å². The summed E-state index contributed by atoms with van der Waals surface area (Å²) < 4.78 is 90.4. The molecule has 0 spiro atoms. The topological polar surface area (TPSA) is 17.0 Å². The molecule has 0 unspecified atom stereocenters. The fourth-order valence-electron chi connectivity index (χ4n) is 4.60. The minimum absolute atomic E-state index is 0.113. The number of benzene rings is 3. The Balaban J connectivity index is 1.73. The van der Waals surface area contributed by atoms with E-state index in [0.717, 1.165) is 24.6 Å². The van der Waals surface area contributed by atoms with Crippen LogP contribution in [0.25, 0.3) is 44.3 Å². The average molecular weight is 494 g/mol. The Labute approximate surface area is 216 Å². The summed E-state index contributed by atoms with van der Waals surface area (Å²) in [6.07, 6.45) is -6.10. The van der Waals surface area contributed by atoms with Gasteiger partial charge < -0.3 is 4.42 Å². The zero-order chi connectivity index (χ0) is 30.1. The van der Waals surface area contributed by atoms with Crippen LogP contribution in [0.1, 0.15) is 37.4 Å². The predicted octanol–water partition coefficient (Wildman–Crippen LogP) is 8.49. The molecule has 0 N–H and O–H groups in total. The van der Waals surface area contributed by atoms with Gasteiger partial charge in [0.1, 0.15) is 18.2 Å². The third kappa shape index (κ3) is 4.06. The first-order valence-corrected chi connectivity index (χ1v) is 11.6. The van der Waals surface area contributed by atoms with E-state index in [1.807, 2.05) is 42.5 Å². The molecule has 2 aromatic heterocycles. The second-order valence-electron chi connectivity index (χ2n) is 9.65. The number of pyridine rings is 1. The van der Waals surface area contributed by atoms with Gasteiger partial charge in [0.25, 0.3) is 0 Å². The van der Waals surface area contributed by atoms with E-state index in [1.165, 1.54) is 12.3 Å². The van der Waals surface area contributed by atoms with E-state index in [-0.39, 0.29) is 11.1 Å². The monoisotopic (exact) mass is 493 g/mol. The normalized spacial score (nSPS) is 15.4. The number of hydrogen-bond donors (Lipinski definition) is 0. The molecule has 2 heterocycles. The van der Waals surface area contributed by atoms with E-state index >= 15 is 0 Å². The second kappa shape index (κ2) is 8.51. The highest BCUT2D eigenvalue weighted by molar-refractivity contribution is 6.12. The first kappa shape index (κ1) is 18.6. The third-order valence-electron chi connectivity index (χ3n) is 6.63. The van der Waals surface area contributed by atoms with Crippen molar-refractivity contribution in [2.24, 2.45) is 12.5 Å². The molecule has 0 amide bonds. The van der Waals surface area contributed by atoms with E-state index in [0.29, 0.717) is 39.1 Å².